The first-order chi connectivity index (χ1) is 17.9. The molecule has 4 fully saturated rings. The largest absolute Gasteiger partial charge is 0.465 e. The third-order valence-corrected chi connectivity index (χ3v) is 8.82. The number of methoxy groups -OCH3 is 1. The van der Waals surface area contributed by atoms with Crippen LogP contribution in [0.25, 0.3) is 0 Å². The minimum Gasteiger partial charge on any atom is -0.465 e. The summed E-state index contributed by atoms with van der Waals surface area (Å²) in [6.07, 6.45) is 9.80. The Bertz CT molecular complexity index is 1320. The summed E-state index contributed by atoms with van der Waals surface area (Å²) >= 11 is 6.38. The first kappa shape index (κ1) is 24.0. The van der Waals surface area contributed by atoms with Gasteiger partial charge in [-0.25, -0.2) is 9.78 Å². The highest BCUT2D eigenvalue weighted by Gasteiger charge is 2.51. The maximum atomic E-state index is 13.1. The standard InChI is InChI=1S/C30H30ClN3O3/c1-37-29(36)24-3-2-10-32-27(24)34-26-14-21(4-9-25(26)31)28(35)33-23-7-5-22(6-8-23)30-15-18-11-19(16-30)13-20(12-18)17-30/h2-10,14,18-20H,11-13,15-17H2,1H3,(H,32,34)(H,33,35). The van der Waals surface area contributed by atoms with Gasteiger partial charge in [0, 0.05) is 17.4 Å². The van der Waals surface area contributed by atoms with Crippen LogP contribution in [0, 0.1) is 17.8 Å². The molecule has 4 aliphatic carbocycles. The fourth-order valence-corrected chi connectivity index (χ4v) is 7.41. The van der Waals surface area contributed by atoms with Crippen molar-refractivity contribution in [2.45, 2.75) is 43.9 Å². The molecule has 3 aromatic rings. The molecular formula is C30H30ClN3O3. The Morgan fingerprint density at radius 3 is 2.30 bits per heavy atom. The molecule has 37 heavy (non-hydrogen) atoms. The van der Waals surface area contributed by atoms with Gasteiger partial charge in [-0.15, -0.1) is 0 Å². The van der Waals surface area contributed by atoms with Crippen molar-refractivity contribution in [1.82, 2.24) is 4.98 Å². The normalized spacial score (nSPS) is 25.5. The fraction of sp³-hybridized carbons (Fsp3) is 0.367. The van der Waals surface area contributed by atoms with Gasteiger partial charge < -0.3 is 15.4 Å². The number of amides is 1. The van der Waals surface area contributed by atoms with Crippen LogP contribution < -0.4 is 10.6 Å². The number of hydrogen-bond donors (Lipinski definition) is 2. The number of pyridine rings is 1. The lowest BCUT2D eigenvalue weighted by Gasteiger charge is -2.57. The summed E-state index contributed by atoms with van der Waals surface area (Å²) in [6.45, 7) is 0. The van der Waals surface area contributed by atoms with E-state index in [0.29, 0.717) is 27.5 Å². The molecule has 4 bridgehead atoms. The minimum absolute atomic E-state index is 0.239. The van der Waals surface area contributed by atoms with Crippen molar-refractivity contribution in [1.29, 1.82) is 0 Å². The maximum Gasteiger partial charge on any atom is 0.341 e. The van der Waals surface area contributed by atoms with Crippen LogP contribution in [0.4, 0.5) is 17.2 Å². The molecule has 0 unspecified atom stereocenters. The highest BCUT2D eigenvalue weighted by atomic mass is 35.5. The highest BCUT2D eigenvalue weighted by Crippen LogP contribution is 2.60. The molecule has 0 radical (unpaired) electrons. The number of carbonyl (C=O) groups is 2. The van der Waals surface area contributed by atoms with E-state index in [9.17, 15) is 9.59 Å². The van der Waals surface area contributed by atoms with E-state index in [0.717, 1.165) is 23.4 Å². The number of anilines is 3. The summed E-state index contributed by atoms with van der Waals surface area (Å²) in [5, 5.41) is 6.47. The Hall–Kier alpha value is -3.38. The van der Waals surface area contributed by atoms with Gasteiger partial charge in [0.1, 0.15) is 11.4 Å². The van der Waals surface area contributed by atoms with Gasteiger partial charge in [-0.1, -0.05) is 23.7 Å². The number of aromatic nitrogens is 1. The van der Waals surface area contributed by atoms with Crippen molar-refractivity contribution in [2.75, 3.05) is 17.7 Å². The van der Waals surface area contributed by atoms with E-state index in [-0.39, 0.29) is 11.5 Å². The van der Waals surface area contributed by atoms with E-state index in [1.165, 1.54) is 51.2 Å². The second-order valence-electron chi connectivity index (χ2n) is 10.9. The smallest absolute Gasteiger partial charge is 0.341 e. The van der Waals surface area contributed by atoms with E-state index >= 15 is 0 Å². The third kappa shape index (κ3) is 4.59. The van der Waals surface area contributed by atoms with Crippen LogP contribution in [0.5, 0.6) is 0 Å². The van der Waals surface area contributed by atoms with Crippen LogP contribution in [0.15, 0.2) is 60.8 Å². The molecule has 0 atom stereocenters. The molecule has 7 heteroatoms. The van der Waals surface area contributed by atoms with Crippen LogP contribution in [0.2, 0.25) is 5.02 Å². The van der Waals surface area contributed by atoms with Crippen molar-refractivity contribution >= 4 is 40.7 Å². The summed E-state index contributed by atoms with van der Waals surface area (Å²) in [5.74, 6) is 2.23. The van der Waals surface area contributed by atoms with Gasteiger partial charge in [0.25, 0.3) is 5.91 Å². The number of hydrogen-bond acceptors (Lipinski definition) is 5. The van der Waals surface area contributed by atoms with Gasteiger partial charge in [0.15, 0.2) is 0 Å². The molecule has 6 nitrogen and oxygen atoms in total. The Kier molecular flexibility index (Phi) is 6.15. The average molecular weight is 516 g/mol. The van der Waals surface area contributed by atoms with Gasteiger partial charge in [0.2, 0.25) is 0 Å². The number of ether oxygens (including phenoxy) is 1. The predicted molar refractivity (Wildman–Crippen MR) is 145 cm³/mol. The molecule has 190 valence electrons. The molecule has 2 aromatic carbocycles. The Morgan fingerprint density at radius 1 is 0.973 bits per heavy atom. The number of rotatable bonds is 6. The number of nitrogens with zero attached hydrogens (tertiary/aromatic N) is 1. The molecule has 7 rings (SSSR count). The quantitative estimate of drug-likeness (QED) is 0.346. The molecule has 0 aliphatic heterocycles. The number of halogens is 1. The van der Waals surface area contributed by atoms with Crippen LogP contribution in [0.1, 0.15) is 64.8 Å². The Labute approximate surface area is 221 Å². The summed E-state index contributed by atoms with van der Waals surface area (Å²) < 4.78 is 4.83. The lowest BCUT2D eigenvalue weighted by atomic mass is 9.48. The monoisotopic (exact) mass is 515 g/mol. The van der Waals surface area contributed by atoms with E-state index in [4.69, 9.17) is 16.3 Å². The molecular weight excluding hydrogens is 486 g/mol. The Morgan fingerprint density at radius 2 is 1.65 bits per heavy atom. The molecule has 4 aliphatic rings. The minimum atomic E-state index is -0.516. The number of esters is 1. The molecule has 1 amide bonds. The fourth-order valence-electron chi connectivity index (χ4n) is 7.24. The van der Waals surface area contributed by atoms with Gasteiger partial charge >= 0.3 is 5.97 Å². The maximum absolute atomic E-state index is 13.1. The first-order valence-corrected chi connectivity index (χ1v) is 13.3. The third-order valence-electron chi connectivity index (χ3n) is 8.49. The van der Waals surface area contributed by atoms with E-state index < -0.39 is 5.97 Å². The molecule has 2 N–H and O–H groups in total. The second kappa shape index (κ2) is 9.49. The SMILES string of the molecule is COC(=O)c1cccnc1Nc1cc(C(=O)Nc2ccc(C34CC5CC(CC(C5)C3)C4)cc2)ccc1Cl. The first-order valence-electron chi connectivity index (χ1n) is 12.9. The van der Waals surface area contributed by atoms with Crippen LogP contribution in [0.3, 0.4) is 0 Å². The van der Waals surface area contributed by atoms with Gasteiger partial charge in [-0.2, -0.15) is 0 Å². The summed E-state index contributed by atoms with van der Waals surface area (Å²) in [4.78, 5) is 29.4. The number of nitrogens with one attached hydrogen (secondary N) is 2. The summed E-state index contributed by atoms with van der Waals surface area (Å²) in [6, 6.07) is 16.7. The van der Waals surface area contributed by atoms with Crippen LogP contribution in [-0.4, -0.2) is 24.0 Å². The van der Waals surface area contributed by atoms with Crippen LogP contribution in [-0.2, 0) is 10.2 Å². The molecule has 1 heterocycles. The van der Waals surface area contributed by atoms with Crippen molar-refractivity contribution in [3.05, 3.63) is 82.5 Å². The van der Waals surface area contributed by atoms with Gasteiger partial charge in [-0.3, -0.25) is 4.79 Å². The highest BCUT2D eigenvalue weighted by molar-refractivity contribution is 6.33. The van der Waals surface area contributed by atoms with E-state index in [1.54, 1.807) is 36.5 Å². The van der Waals surface area contributed by atoms with Gasteiger partial charge in [0.05, 0.1) is 17.8 Å². The lowest BCUT2D eigenvalue weighted by Crippen LogP contribution is -2.48. The molecule has 0 spiro atoms. The Balaban J connectivity index is 1.18. The average Bonchev–Trinajstić information content (AvgIpc) is 2.89. The topological polar surface area (TPSA) is 80.3 Å². The number of benzene rings is 2. The molecule has 0 saturated heterocycles. The van der Waals surface area contributed by atoms with E-state index in [1.807, 2.05) is 12.1 Å². The summed E-state index contributed by atoms with van der Waals surface area (Å²) in [7, 11) is 1.31. The van der Waals surface area contributed by atoms with Crippen LogP contribution >= 0.6 is 11.6 Å². The molecule has 4 saturated carbocycles. The van der Waals surface area contributed by atoms with E-state index in [2.05, 4.69) is 27.8 Å². The molecule has 1 aromatic heterocycles. The van der Waals surface area contributed by atoms with Crippen molar-refractivity contribution in [3.63, 3.8) is 0 Å². The van der Waals surface area contributed by atoms with Crippen molar-refractivity contribution in [3.8, 4) is 0 Å². The number of carbonyl (C=O) groups excluding carboxylic acids is 2. The zero-order valence-corrected chi connectivity index (χ0v) is 21.6. The second-order valence-corrected chi connectivity index (χ2v) is 11.3. The van der Waals surface area contributed by atoms with Crippen molar-refractivity contribution in [2.24, 2.45) is 17.8 Å². The van der Waals surface area contributed by atoms with Crippen molar-refractivity contribution < 1.29 is 14.3 Å². The zero-order chi connectivity index (χ0) is 25.6. The zero-order valence-electron chi connectivity index (χ0n) is 20.8. The van der Waals surface area contributed by atoms with Gasteiger partial charge in [-0.05, 0) is 110 Å². The summed E-state index contributed by atoms with van der Waals surface area (Å²) in [5.41, 5.74) is 3.71. The lowest BCUT2D eigenvalue weighted by molar-refractivity contribution is -0.00518. The predicted octanol–water partition coefficient (Wildman–Crippen LogP) is 6.99.